The maximum atomic E-state index is 14.5. The molecule has 2 aromatic rings. The van der Waals surface area contributed by atoms with Crippen LogP contribution in [-0.2, 0) is 11.8 Å². The SMILES string of the molecule is Cn1nccc1-c1ccc(N2C[C@H](CNC(=S)NC#N)OC2=O)cc1F. The molecule has 1 atom stereocenters. The third kappa shape index (κ3) is 3.57. The Balaban J connectivity index is 1.70. The van der Waals surface area contributed by atoms with E-state index in [4.69, 9.17) is 22.2 Å². The Morgan fingerprint density at radius 3 is 3.00 bits per heavy atom. The molecule has 0 bridgehead atoms. The number of ether oxygens (including phenoxy) is 1. The molecule has 10 heteroatoms. The number of hydrogen-bond acceptors (Lipinski definition) is 5. The van der Waals surface area contributed by atoms with Gasteiger partial charge in [-0.2, -0.15) is 10.4 Å². The molecular formula is C16H15FN6O2S. The highest BCUT2D eigenvalue weighted by atomic mass is 32.1. The minimum Gasteiger partial charge on any atom is -0.442 e. The van der Waals surface area contributed by atoms with Crippen LogP contribution in [0.2, 0.25) is 0 Å². The second-order valence-electron chi connectivity index (χ2n) is 5.57. The van der Waals surface area contributed by atoms with Crippen LogP contribution >= 0.6 is 12.2 Å². The Labute approximate surface area is 154 Å². The first-order chi connectivity index (χ1) is 12.5. The first-order valence-electron chi connectivity index (χ1n) is 7.68. The summed E-state index contributed by atoms with van der Waals surface area (Å²) in [6.45, 7) is 0.483. The normalized spacial score (nSPS) is 16.1. The van der Waals surface area contributed by atoms with Gasteiger partial charge in [-0.3, -0.25) is 14.9 Å². The zero-order valence-corrected chi connectivity index (χ0v) is 14.6. The highest BCUT2D eigenvalue weighted by Crippen LogP contribution is 2.28. The van der Waals surface area contributed by atoms with Crippen molar-refractivity contribution in [3.63, 3.8) is 0 Å². The molecule has 1 aliphatic rings. The summed E-state index contributed by atoms with van der Waals surface area (Å²) >= 11 is 4.87. The van der Waals surface area contributed by atoms with E-state index < -0.39 is 18.0 Å². The van der Waals surface area contributed by atoms with Crippen LogP contribution in [0.1, 0.15) is 0 Å². The van der Waals surface area contributed by atoms with Gasteiger partial charge in [0.1, 0.15) is 11.9 Å². The number of carbonyl (C=O) groups is 1. The van der Waals surface area contributed by atoms with Crippen molar-refractivity contribution in [3.8, 4) is 17.5 Å². The van der Waals surface area contributed by atoms with E-state index in [1.165, 1.54) is 11.0 Å². The van der Waals surface area contributed by atoms with Gasteiger partial charge in [0, 0.05) is 18.8 Å². The van der Waals surface area contributed by atoms with E-state index in [0.717, 1.165) is 0 Å². The van der Waals surface area contributed by atoms with Crippen molar-refractivity contribution in [2.75, 3.05) is 18.0 Å². The Morgan fingerprint density at radius 2 is 2.35 bits per heavy atom. The number of halogens is 1. The standard InChI is InChI=1S/C16H15FN6O2S/c1-22-14(4-5-21-22)12-3-2-10(6-13(12)17)23-8-11(25-16(23)24)7-19-15(26)20-9-18/h2-6,11H,7-8H2,1H3,(H2,19,20,26)/t11-/m0/s1. The molecule has 1 aromatic heterocycles. The minimum atomic E-state index is -0.566. The number of benzene rings is 1. The summed E-state index contributed by atoms with van der Waals surface area (Å²) in [5, 5.41) is 17.7. The molecule has 134 valence electrons. The third-order valence-electron chi connectivity index (χ3n) is 3.90. The quantitative estimate of drug-likeness (QED) is 0.476. The summed E-state index contributed by atoms with van der Waals surface area (Å²) in [4.78, 5) is 13.4. The van der Waals surface area contributed by atoms with Gasteiger partial charge >= 0.3 is 6.09 Å². The van der Waals surface area contributed by atoms with Crippen LogP contribution in [-0.4, -0.2) is 40.2 Å². The number of cyclic esters (lactones) is 1. The predicted octanol–water partition coefficient (Wildman–Crippen LogP) is 1.50. The fourth-order valence-corrected chi connectivity index (χ4v) is 2.79. The average Bonchev–Trinajstić information content (AvgIpc) is 3.19. The van der Waals surface area contributed by atoms with Crippen molar-refractivity contribution in [1.82, 2.24) is 20.4 Å². The second-order valence-corrected chi connectivity index (χ2v) is 5.98. The molecule has 1 aromatic carbocycles. The van der Waals surface area contributed by atoms with Gasteiger partial charge in [-0.05, 0) is 36.5 Å². The molecule has 1 aliphatic heterocycles. The van der Waals surface area contributed by atoms with Gasteiger partial charge < -0.3 is 10.1 Å². The summed E-state index contributed by atoms with van der Waals surface area (Å²) in [5.74, 6) is -0.458. The molecule has 0 aliphatic carbocycles. The molecule has 0 spiro atoms. The Bertz CT molecular complexity index is 893. The predicted molar refractivity (Wildman–Crippen MR) is 95.6 cm³/mol. The van der Waals surface area contributed by atoms with E-state index in [-0.39, 0.29) is 18.2 Å². The van der Waals surface area contributed by atoms with Crippen LogP contribution in [0.3, 0.4) is 0 Å². The number of aromatic nitrogens is 2. The molecule has 0 radical (unpaired) electrons. The lowest BCUT2D eigenvalue weighted by atomic mass is 10.1. The van der Waals surface area contributed by atoms with Crippen molar-refractivity contribution in [2.45, 2.75) is 6.10 Å². The maximum Gasteiger partial charge on any atom is 0.414 e. The number of nitriles is 1. The van der Waals surface area contributed by atoms with E-state index in [0.29, 0.717) is 16.9 Å². The average molecular weight is 374 g/mol. The summed E-state index contributed by atoms with van der Waals surface area (Å²) in [5.41, 5.74) is 1.43. The van der Waals surface area contributed by atoms with E-state index >= 15 is 0 Å². The smallest absolute Gasteiger partial charge is 0.414 e. The lowest BCUT2D eigenvalue weighted by Crippen LogP contribution is -2.38. The number of rotatable bonds is 4. The summed E-state index contributed by atoms with van der Waals surface area (Å²) in [6.07, 6.45) is 2.24. The molecule has 0 unspecified atom stereocenters. The fourth-order valence-electron chi connectivity index (χ4n) is 2.66. The highest BCUT2D eigenvalue weighted by Gasteiger charge is 2.32. The van der Waals surface area contributed by atoms with Gasteiger partial charge in [0.2, 0.25) is 0 Å². The fraction of sp³-hybridized carbons (Fsp3) is 0.250. The van der Waals surface area contributed by atoms with Crippen LogP contribution in [0.4, 0.5) is 14.9 Å². The van der Waals surface area contributed by atoms with Gasteiger partial charge in [-0.15, -0.1) is 0 Å². The molecule has 2 heterocycles. The van der Waals surface area contributed by atoms with Crippen LogP contribution in [0.5, 0.6) is 0 Å². The van der Waals surface area contributed by atoms with Crippen molar-refractivity contribution in [1.29, 1.82) is 5.26 Å². The Hall–Kier alpha value is -3.19. The number of amides is 1. The first kappa shape index (κ1) is 17.6. The van der Waals surface area contributed by atoms with Gasteiger partial charge in [-0.1, -0.05) is 0 Å². The van der Waals surface area contributed by atoms with Gasteiger partial charge in [0.05, 0.1) is 24.5 Å². The van der Waals surface area contributed by atoms with Crippen LogP contribution in [0, 0.1) is 17.3 Å². The highest BCUT2D eigenvalue weighted by molar-refractivity contribution is 7.80. The lowest BCUT2D eigenvalue weighted by molar-refractivity contribution is 0.143. The number of nitrogens with one attached hydrogen (secondary N) is 2. The zero-order valence-electron chi connectivity index (χ0n) is 13.8. The molecule has 1 saturated heterocycles. The Morgan fingerprint density at radius 1 is 1.54 bits per heavy atom. The lowest BCUT2D eigenvalue weighted by Gasteiger charge is -2.14. The number of thiocarbonyl (C=S) groups is 1. The third-order valence-corrected chi connectivity index (χ3v) is 4.14. The molecule has 1 fully saturated rings. The van der Waals surface area contributed by atoms with Crippen molar-refractivity contribution >= 4 is 29.1 Å². The van der Waals surface area contributed by atoms with E-state index in [1.807, 2.05) is 0 Å². The monoisotopic (exact) mass is 374 g/mol. The van der Waals surface area contributed by atoms with E-state index in [1.54, 1.807) is 42.3 Å². The maximum absolute atomic E-state index is 14.5. The van der Waals surface area contributed by atoms with Gasteiger partial charge in [-0.25, -0.2) is 9.18 Å². The van der Waals surface area contributed by atoms with Gasteiger partial charge in [0.25, 0.3) is 0 Å². The topological polar surface area (TPSA) is 95.2 Å². The van der Waals surface area contributed by atoms with Crippen molar-refractivity contribution in [2.24, 2.45) is 7.05 Å². The molecule has 2 N–H and O–H groups in total. The molecule has 8 nitrogen and oxygen atoms in total. The van der Waals surface area contributed by atoms with Crippen LogP contribution < -0.4 is 15.5 Å². The molecule has 1 amide bonds. The summed E-state index contributed by atoms with van der Waals surface area (Å²) in [7, 11) is 1.73. The molecule has 3 rings (SSSR count). The summed E-state index contributed by atoms with van der Waals surface area (Å²) in [6, 6.07) is 6.26. The van der Waals surface area contributed by atoms with Gasteiger partial charge in [0.15, 0.2) is 11.3 Å². The molecule has 0 saturated carbocycles. The zero-order chi connectivity index (χ0) is 18.7. The number of aryl methyl sites for hydroxylation is 1. The number of nitrogens with zero attached hydrogens (tertiary/aromatic N) is 4. The molecule has 26 heavy (non-hydrogen) atoms. The number of anilines is 1. The van der Waals surface area contributed by atoms with Crippen molar-refractivity contribution < 1.29 is 13.9 Å². The summed E-state index contributed by atoms with van der Waals surface area (Å²) < 4.78 is 21.3. The second kappa shape index (κ2) is 7.37. The first-order valence-corrected chi connectivity index (χ1v) is 8.09. The van der Waals surface area contributed by atoms with Crippen LogP contribution in [0.25, 0.3) is 11.3 Å². The Kier molecular flexibility index (Phi) is 4.99. The number of hydrogen-bond donors (Lipinski definition) is 2. The van der Waals surface area contributed by atoms with Crippen molar-refractivity contribution in [3.05, 3.63) is 36.3 Å². The van der Waals surface area contributed by atoms with Crippen LogP contribution in [0.15, 0.2) is 30.5 Å². The largest absolute Gasteiger partial charge is 0.442 e. The number of carbonyl (C=O) groups excluding carboxylic acids is 1. The van der Waals surface area contributed by atoms with E-state index in [9.17, 15) is 9.18 Å². The molecular weight excluding hydrogens is 359 g/mol. The van der Waals surface area contributed by atoms with E-state index in [2.05, 4.69) is 15.7 Å². The minimum absolute atomic E-state index is 0.147.